The van der Waals surface area contributed by atoms with E-state index in [1.54, 1.807) is 34.8 Å². The van der Waals surface area contributed by atoms with Gasteiger partial charge in [0, 0.05) is 22.7 Å². The summed E-state index contributed by atoms with van der Waals surface area (Å²) in [6, 6.07) is 12.1. The largest absolute Gasteiger partial charge is 0.352 e. The highest BCUT2D eigenvalue weighted by Crippen LogP contribution is 2.24. The number of aromatic nitrogens is 4. The lowest BCUT2D eigenvalue weighted by Crippen LogP contribution is -2.25. The number of nitrogens with one attached hydrogen (secondary N) is 2. The third-order valence-electron chi connectivity index (χ3n) is 4.75. The van der Waals surface area contributed by atoms with Crippen molar-refractivity contribution in [2.24, 2.45) is 5.92 Å². The third-order valence-corrected chi connectivity index (χ3v) is 5.00. The fourth-order valence-corrected chi connectivity index (χ4v) is 3.27. The van der Waals surface area contributed by atoms with Crippen molar-refractivity contribution in [3.8, 4) is 11.3 Å². The predicted octanol–water partition coefficient (Wildman–Crippen LogP) is 3.67. The van der Waals surface area contributed by atoms with Crippen LogP contribution in [0.5, 0.6) is 0 Å². The summed E-state index contributed by atoms with van der Waals surface area (Å²) in [4.78, 5) is 29.3. The van der Waals surface area contributed by atoms with Gasteiger partial charge in [0.05, 0.1) is 10.9 Å². The highest BCUT2D eigenvalue weighted by atomic mass is 35.5. The smallest absolute Gasteiger partial charge is 0.281 e. The summed E-state index contributed by atoms with van der Waals surface area (Å²) in [7, 11) is 0. The quantitative estimate of drug-likeness (QED) is 0.526. The molecule has 1 amide bonds. The molecule has 0 saturated carbocycles. The van der Waals surface area contributed by atoms with Gasteiger partial charge in [-0.2, -0.15) is 10.1 Å². The second-order valence-corrected chi connectivity index (χ2v) is 7.75. The maximum absolute atomic E-state index is 12.6. The lowest BCUT2D eigenvalue weighted by atomic mass is 10.1. The van der Waals surface area contributed by atoms with E-state index < -0.39 is 0 Å². The average molecular weight is 410 g/mol. The number of carbonyl (C=O) groups excluding carboxylic acids is 1. The van der Waals surface area contributed by atoms with Crippen LogP contribution in [0, 0.1) is 5.92 Å². The van der Waals surface area contributed by atoms with Crippen LogP contribution in [0.25, 0.3) is 27.8 Å². The molecule has 0 bridgehead atoms. The van der Waals surface area contributed by atoms with Gasteiger partial charge in [0.1, 0.15) is 5.69 Å². The zero-order valence-corrected chi connectivity index (χ0v) is 16.8. The first kappa shape index (κ1) is 19.1. The van der Waals surface area contributed by atoms with E-state index in [4.69, 9.17) is 11.6 Å². The van der Waals surface area contributed by atoms with E-state index in [1.807, 2.05) is 12.1 Å². The van der Waals surface area contributed by atoms with Crippen LogP contribution in [0.1, 0.15) is 30.6 Å². The van der Waals surface area contributed by atoms with Crippen molar-refractivity contribution >= 4 is 34.1 Å². The Kier molecular flexibility index (Phi) is 5.07. The Morgan fingerprint density at radius 2 is 1.97 bits per heavy atom. The Balaban J connectivity index is 1.79. The van der Waals surface area contributed by atoms with E-state index in [0.29, 0.717) is 45.3 Å². The second kappa shape index (κ2) is 7.67. The van der Waals surface area contributed by atoms with Crippen LogP contribution in [0.15, 0.2) is 47.3 Å². The van der Waals surface area contributed by atoms with Gasteiger partial charge >= 0.3 is 0 Å². The first-order valence-corrected chi connectivity index (χ1v) is 9.77. The summed E-state index contributed by atoms with van der Waals surface area (Å²) < 4.78 is 1.62. The molecule has 2 heterocycles. The molecule has 8 heteroatoms. The van der Waals surface area contributed by atoms with Crippen molar-refractivity contribution in [3.63, 3.8) is 0 Å². The van der Waals surface area contributed by atoms with Crippen molar-refractivity contribution in [1.29, 1.82) is 0 Å². The van der Waals surface area contributed by atoms with Gasteiger partial charge < -0.3 is 5.32 Å². The summed E-state index contributed by atoms with van der Waals surface area (Å²) in [6.45, 7) is 4.81. The SMILES string of the molecule is CC(C)CCNC(=O)c1ccc2c(=O)nc3c(-c4ccc(Cl)cc4)n[nH]n3c2c1. The molecule has 4 rings (SSSR count). The summed E-state index contributed by atoms with van der Waals surface area (Å²) >= 11 is 5.96. The summed E-state index contributed by atoms with van der Waals surface area (Å²) in [5.41, 5.74) is 2.35. The van der Waals surface area contributed by atoms with Crippen molar-refractivity contribution in [3.05, 3.63) is 63.4 Å². The first-order chi connectivity index (χ1) is 13.9. The lowest BCUT2D eigenvalue weighted by Gasteiger charge is -2.08. The van der Waals surface area contributed by atoms with Crippen molar-refractivity contribution in [1.82, 2.24) is 25.1 Å². The molecule has 0 aliphatic heterocycles. The number of hydrogen-bond acceptors (Lipinski definition) is 4. The third kappa shape index (κ3) is 3.73. The maximum Gasteiger partial charge on any atom is 0.281 e. The number of halogens is 1. The molecule has 0 aliphatic rings. The zero-order chi connectivity index (χ0) is 20.5. The topological polar surface area (TPSA) is 92.2 Å². The molecule has 0 atom stereocenters. The van der Waals surface area contributed by atoms with Crippen LogP contribution in [-0.4, -0.2) is 32.3 Å². The molecular formula is C21H20ClN5O2. The standard InChI is InChI=1S/C21H20ClN5O2/c1-12(2)9-10-23-20(28)14-5-8-16-17(11-14)27-19(24-21(16)29)18(25-26-27)13-3-6-15(22)7-4-13/h3-8,11-12,26H,9-10H2,1-2H3,(H,23,28). The van der Waals surface area contributed by atoms with Gasteiger partial charge in [0.2, 0.25) is 0 Å². The number of benzene rings is 2. The van der Waals surface area contributed by atoms with Gasteiger partial charge in [-0.05, 0) is 42.7 Å². The molecule has 2 aromatic carbocycles. The number of carbonyl (C=O) groups is 1. The highest BCUT2D eigenvalue weighted by Gasteiger charge is 2.15. The van der Waals surface area contributed by atoms with Gasteiger partial charge in [-0.1, -0.05) is 37.6 Å². The highest BCUT2D eigenvalue weighted by molar-refractivity contribution is 6.30. The molecule has 0 aliphatic carbocycles. The minimum Gasteiger partial charge on any atom is -0.352 e. The lowest BCUT2D eigenvalue weighted by molar-refractivity contribution is 0.0952. The molecular weight excluding hydrogens is 390 g/mol. The van der Waals surface area contributed by atoms with E-state index in [1.165, 1.54) is 0 Å². The van der Waals surface area contributed by atoms with Crippen molar-refractivity contribution in [2.75, 3.05) is 6.54 Å². The number of H-pyrrole nitrogens is 1. The molecule has 2 N–H and O–H groups in total. The van der Waals surface area contributed by atoms with Gasteiger partial charge in [0.25, 0.3) is 11.5 Å². The summed E-state index contributed by atoms with van der Waals surface area (Å²) in [6.07, 6.45) is 0.901. The zero-order valence-electron chi connectivity index (χ0n) is 16.1. The van der Waals surface area contributed by atoms with Gasteiger partial charge in [-0.15, -0.1) is 0 Å². The van der Waals surface area contributed by atoms with Crippen LogP contribution in [-0.2, 0) is 0 Å². The number of amides is 1. The molecule has 4 aromatic rings. The predicted molar refractivity (Wildman–Crippen MR) is 113 cm³/mol. The van der Waals surface area contributed by atoms with Gasteiger partial charge in [-0.3, -0.25) is 9.59 Å². The number of nitrogens with zero attached hydrogens (tertiary/aromatic N) is 3. The summed E-state index contributed by atoms with van der Waals surface area (Å²) in [5.74, 6) is 0.329. The van der Waals surface area contributed by atoms with E-state index in [-0.39, 0.29) is 11.5 Å². The van der Waals surface area contributed by atoms with Crippen LogP contribution in [0.3, 0.4) is 0 Å². The molecule has 0 unspecified atom stereocenters. The Labute approximate surface area is 171 Å². The number of aromatic amines is 1. The van der Waals surface area contributed by atoms with Crippen LogP contribution < -0.4 is 10.9 Å². The van der Waals surface area contributed by atoms with E-state index in [9.17, 15) is 9.59 Å². The van der Waals surface area contributed by atoms with Crippen LogP contribution in [0.4, 0.5) is 0 Å². The minimum atomic E-state index is -0.372. The van der Waals surface area contributed by atoms with Crippen molar-refractivity contribution in [2.45, 2.75) is 20.3 Å². The number of fused-ring (bicyclic) bond motifs is 3. The van der Waals surface area contributed by atoms with Crippen LogP contribution in [0.2, 0.25) is 5.02 Å². The van der Waals surface area contributed by atoms with E-state index in [2.05, 4.69) is 34.5 Å². The number of hydrogen-bond donors (Lipinski definition) is 2. The van der Waals surface area contributed by atoms with Gasteiger partial charge in [-0.25, -0.2) is 9.73 Å². The molecule has 0 fully saturated rings. The Bertz CT molecular complexity index is 1260. The second-order valence-electron chi connectivity index (χ2n) is 7.31. The van der Waals surface area contributed by atoms with Crippen molar-refractivity contribution < 1.29 is 4.79 Å². The fraction of sp³-hybridized carbons (Fsp3) is 0.238. The Morgan fingerprint density at radius 3 is 2.69 bits per heavy atom. The Hall–Kier alpha value is -3.19. The maximum atomic E-state index is 12.6. The molecule has 2 aromatic heterocycles. The normalized spacial score (nSPS) is 11.4. The monoisotopic (exact) mass is 409 g/mol. The molecule has 0 saturated heterocycles. The molecule has 148 valence electrons. The van der Waals surface area contributed by atoms with Gasteiger partial charge in [0.15, 0.2) is 5.65 Å². The fourth-order valence-electron chi connectivity index (χ4n) is 3.15. The Morgan fingerprint density at radius 1 is 1.21 bits per heavy atom. The van der Waals surface area contributed by atoms with Crippen LogP contribution >= 0.6 is 11.6 Å². The van der Waals surface area contributed by atoms with E-state index in [0.717, 1.165) is 12.0 Å². The molecule has 7 nitrogen and oxygen atoms in total. The first-order valence-electron chi connectivity index (χ1n) is 9.39. The summed E-state index contributed by atoms with van der Waals surface area (Å²) in [5, 5.41) is 11.2. The minimum absolute atomic E-state index is 0.178. The average Bonchev–Trinajstić information content (AvgIpc) is 3.12. The molecule has 0 spiro atoms. The molecule has 29 heavy (non-hydrogen) atoms. The molecule has 0 radical (unpaired) electrons. The van der Waals surface area contributed by atoms with E-state index >= 15 is 0 Å². The number of rotatable bonds is 5.